The Morgan fingerprint density at radius 2 is 2.05 bits per heavy atom. The van der Waals surface area contributed by atoms with Crippen LogP contribution in [0.5, 0.6) is 0 Å². The zero-order chi connectivity index (χ0) is 14.2. The molecular weight excluding hydrogens is 238 g/mol. The van der Waals surface area contributed by atoms with Gasteiger partial charge in [0.15, 0.2) is 0 Å². The van der Waals surface area contributed by atoms with Gasteiger partial charge in [0.05, 0.1) is 11.4 Å². The molecule has 0 radical (unpaired) electrons. The van der Waals surface area contributed by atoms with Crippen LogP contribution in [-0.4, -0.2) is 29.5 Å². The Kier molecular flexibility index (Phi) is 3.48. The maximum Gasteiger partial charge on any atom is 0.275 e. The second kappa shape index (κ2) is 4.93. The third-order valence-corrected chi connectivity index (χ3v) is 3.52. The van der Waals surface area contributed by atoms with Crippen LogP contribution >= 0.6 is 0 Å². The number of aryl methyl sites for hydroxylation is 1. The summed E-state index contributed by atoms with van der Waals surface area (Å²) in [6, 6.07) is 4.11. The number of nitrogens with zero attached hydrogens (tertiary/aromatic N) is 3. The van der Waals surface area contributed by atoms with Crippen molar-refractivity contribution in [1.29, 1.82) is 5.26 Å². The second-order valence-electron chi connectivity index (χ2n) is 4.98. The summed E-state index contributed by atoms with van der Waals surface area (Å²) < 4.78 is 1.73. The molecule has 1 aliphatic rings. The van der Waals surface area contributed by atoms with Crippen LogP contribution in [-0.2, 0) is 12.8 Å². The molecule has 0 aliphatic carbocycles. The molecule has 0 unspecified atom stereocenters. The molecule has 100 valence electrons. The summed E-state index contributed by atoms with van der Waals surface area (Å²) in [4.78, 5) is 14.3. The average Bonchev–Trinajstić information content (AvgIpc) is 2.85. The normalized spacial score (nSPS) is 13.7. The van der Waals surface area contributed by atoms with Gasteiger partial charge < -0.3 is 4.90 Å². The van der Waals surface area contributed by atoms with Crippen LogP contribution in [0.2, 0.25) is 0 Å². The Balaban J connectivity index is 2.68. The van der Waals surface area contributed by atoms with Crippen LogP contribution in [0.25, 0.3) is 5.70 Å². The highest BCUT2D eigenvalue weighted by atomic mass is 16.2. The summed E-state index contributed by atoms with van der Waals surface area (Å²) in [6.45, 7) is 4.20. The van der Waals surface area contributed by atoms with Crippen molar-refractivity contribution in [3.63, 3.8) is 0 Å². The first kappa shape index (κ1) is 13.4. The van der Waals surface area contributed by atoms with E-state index in [2.05, 4.69) is 26.0 Å². The molecule has 0 fully saturated rings. The molecule has 4 heteroatoms. The Hall–Kier alpha value is -2.02. The van der Waals surface area contributed by atoms with E-state index in [4.69, 9.17) is 0 Å². The van der Waals surface area contributed by atoms with E-state index < -0.39 is 0 Å². The van der Waals surface area contributed by atoms with Crippen LogP contribution in [0.3, 0.4) is 0 Å². The standard InChI is InChI=1S/C15H19N3O/c1-5-7-12-10(6-2)8-13-14(17(3)4)11(9-16)15(19)18(12)13/h8H,5-7H2,1-4H3. The van der Waals surface area contributed by atoms with Crippen molar-refractivity contribution in [2.24, 2.45) is 0 Å². The van der Waals surface area contributed by atoms with E-state index in [0.717, 1.165) is 36.3 Å². The predicted molar refractivity (Wildman–Crippen MR) is 74.7 cm³/mol. The minimum atomic E-state index is -0.177. The summed E-state index contributed by atoms with van der Waals surface area (Å²) in [5, 5.41) is 9.22. The van der Waals surface area contributed by atoms with Gasteiger partial charge >= 0.3 is 0 Å². The fourth-order valence-corrected chi connectivity index (χ4v) is 2.72. The molecule has 0 amide bonds. The highest BCUT2D eigenvalue weighted by Crippen LogP contribution is 2.34. The van der Waals surface area contributed by atoms with Crippen LogP contribution in [0.15, 0.2) is 11.6 Å². The zero-order valence-electron chi connectivity index (χ0n) is 11.9. The SMILES string of the molecule is CCCc1c(CC)cc2n1C(=O)C(C#N)=C2N(C)C. The highest BCUT2D eigenvalue weighted by Gasteiger charge is 2.34. The molecule has 2 heterocycles. The van der Waals surface area contributed by atoms with Gasteiger partial charge in [0, 0.05) is 19.8 Å². The van der Waals surface area contributed by atoms with E-state index in [-0.39, 0.29) is 11.5 Å². The maximum atomic E-state index is 12.4. The topological polar surface area (TPSA) is 49.0 Å². The van der Waals surface area contributed by atoms with E-state index in [0.29, 0.717) is 0 Å². The largest absolute Gasteiger partial charge is 0.375 e. The number of carbonyl (C=O) groups is 1. The smallest absolute Gasteiger partial charge is 0.275 e. The van der Waals surface area contributed by atoms with Crippen molar-refractivity contribution in [3.8, 4) is 6.07 Å². The van der Waals surface area contributed by atoms with Gasteiger partial charge in [-0.1, -0.05) is 20.3 Å². The summed E-state index contributed by atoms with van der Waals surface area (Å²) in [5.74, 6) is -0.177. The number of fused-ring (bicyclic) bond motifs is 1. The van der Waals surface area contributed by atoms with Gasteiger partial charge in [0.25, 0.3) is 5.91 Å². The summed E-state index contributed by atoms with van der Waals surface area (Å²) in [5.41, 5.74) is 4.13. The lowest BCUT2D eigenvalue weighted by Crippen LogP contribution is -2.12. The summed E-state index contributed by atoms with van der Waals surface area (Å²) >= 11 is 0. The van der Waals surface area contributed by atoms with Gasteiger partial charge in [0.1, 0.15) is 11.6 Å². The lowest BCUT2D eigenvalue weighted by molar-refractivity contribution is 0.0963. The molecule has 0 atom stereocenters. The predicted octanol–water partition coefficient (Wildman–Crippen LogP) is 2.45. The molecule has 19 heavy (non-hydrogen) atoms. The highest BCUT2D eigenvalue weighted by molar-refractivity contribution is 6.11. The van der Waals surface area contributed by atoms with Gasteiger partial charge in [-0.3, -0.25) is 9.36 Å². The quantitative estimate of drug-likeness (QED) is 0.832. The van der Waals surface area contributed by atoms with Gasteiger partial charge in [-0.15, -0.1) is 0 Å². The third kappa shape index (κ3) is 1.86. The molecule has 1 aliphatic heterocycles. The Bertz CT molecular complexity index is 600. The minimum Gasteiger partial charge on any atom is -0.375 e. The van der Waals surface area contributed by atoms with Crippen molar-refractivity contribution >= 4 is 11.6 Å². The number of hydrogen-bond donors (Lipinski definition) is 0. The third-order valence-electron chi connectivity index (χ3n) is 3.52. The van der Waals surface area contributed by atoms with Gasteiger partial charge in [-0.2, -0.15) is 5.26 Å². The Labute approximate surface area is 113 Å². The van der Waals surface area contributed by atoms with Gasteiger partial charge in [-0.25, -0.2) is 0 Å². The first-order valence-electron chi connectivity index (χ1n) is 6.67. The molecule has 4 nitrogen and oxygen atoms in total. The van der Waals surface area contributed by atoms with E-state index in [1.165, 1.54) is 5.56 Å². The van der Waals surface area contributed by atoms with Crippen molar-refractivity contribution in [1.82, 2.24) is 9.47 Å². The molecule has 1 aromatic heterocycles. The fourth-order valence-electron chi connectivity index (χ4n) is 2.72. The molecule has 0 spiro atoms. The van der Waals surface area contributed by atoms with Gasteiger partial charge in [-0.05, 0) is 24.5 Å². The van der Waals surface area contributed by atoms with Crippen LogP contribution in [0.4, 0.5) is 0 Å². The van der Waals surface area contributed by atoms with Crippen LogP contribution in [0.1, 0.15) is 42.0 Å². The number of aromatic nitrogens is 1. The van der Waals surface area contributed by atoms with Crippen molar-refractivity contribution in [2.45, 2.75) is 33.1 Å². The van der Waals surface area contributed by atoms with Crippen LogP contribution < -0.4 is 0 Å². The van der Waals surface area contributed by atoms with Gasteiger partial charge in [0.2, 0.25) is 0 Å². The fraction of sp³-hybridized carbons (Fsp3) is 0.467. The lowest BCUT2D eigenvalue weighted by atomic mass is 10.1. The van der Waals surface area contributed by atoms with Crippen molar-refractivity contribution in [2.75, 3.05) is 14.1 Å². The molecule has 1 aromatic rings. The van der Waals surface area contributed by atoms with Crippen molar-refractivity contribution in [3.05, 3.63) is 28.6 Å². The Morgan fingerprint density at radius 3 is 2.53 bits per heavy atom. The number of allylic oxidation sites excluding steroid dienone is 1. The second-order valence-corrected chi connectivity index (χ2v) is 4.98. The first-order valence-corrected chi connectivity index (χ1v) is 6.67. The number of rotatable bonds is 4. The monoisotopic (exact) mass is 257 g/mol. The molecule has 0 aromatic carbocycles. The zero-order valence-corrected chi connectivity index (χ0v) is 11.9. The molecule has 2 rings (SSSR count). The number of hydrogen-bond acceptors (Lipinski definition) is 3. The molecule has 0 saturated heterocycles. The van der Waals surface area contributed by atoms with E-state index in [1.807, 2.05) is 19.0 Å². The summed E-state index contributed by atoms with van der Waals surface area (Å²) in [6.07, 6.45) is 2.77. The first-order chi connectivity index (χ1) is 9.06. The molecular formula is C15H19N3O. The van der Waals surface area contributed by atoms with E-state index in [1.54, 1.807) is 4.57 Å². The lowest BCUT2D eigenvalue weighted by Gasteiger charge is -2.13. The van der Waals surface area contributed by atoms with Crippen molar-refractivity contribution < 1.29 is 4.79 Å². The molecule has 0 saturated carbocycles. The molecule has 0 bridgehead atoms. The van der Waals surface area contributed by atoms with E-state index >= 15 is 0 Å². The molecule has 0 N–H and O–H groups in total. The number of carbonyl (C=O) groups excluding carboxylic acids is 1. The maximum absolute atomic E-state index is 12.4. The average molecular weight is 257 g/mol. The Morgan fingerprint density at radius 1 is 1.37 bits per heavy atom. The summed E-state index contributed by atoms with van der Waals surface area (Å²) in [7, 11) is 3.74. The van der Waals surface area contributed by atoms with E-state index in [9.17, 15) is 10.1 Å². The van der Waals surface area contributed by atoms with Crippen LogP contribution in [0, 0.1) is 11.3 Å². The minimum absolute atomic E-state index is 0.177. The number of nitriles is 1.